The Hall–Kier alpha value is -3.90. The van der Waals surface area contributed by atoms with E-state index in [1.807, 2.05) is 91.9 Å². The maximum absolute atomic E-state index is 13.3. The standard InChI is InChI=1S/C32H31BrN2O3/c1-3-37-30-19-25(18-29(33)31(30)38-22-24-13-6-4-7-14-24)21-34-35-32(36)28(26-15-8-5-9-16-26)20-27-17-11-10-12-23(27)2/h4-19,21,28H,3,20,22H2,1-2H3,(H,35,36). The zero-order chi connectivity index (χ0) is 26.7. The number of nitrogens with one attached hydrogen (secondary N) is 1. The average Bonchev–Trinajstić information content (AvgIpc) is 2.93. The molecule has 4 rings (SSSR count). The second-order valence-electron chi connectivity index (χ2n) is 8.87. The number of hydrazone groups is 1. The number of hydrogen-bond acceptors (Lipinski definition) is 4. The predicted molar refractivity (Wildman–Crippen MR) is 156 cm³/mol. The van der Waals surface area contributed by atoms with Gasteiger partial charge in [0.1, 0.15) is 6.61 Å². The molecule has 0 saturated heterocycles. The first-order valence-corrected chi connectivity index (χ1v) is 13.4. The van der Waals surface area contributed by atoms with Crippen molar-refractivity contribution in [3.05, 3.63) is 129 Å². The topological polar surface area (TPSA) is 59.9 Å². The molecule has 0 fully saturated rings. The van der Waals surface area contributed by atoms with E-state index < -0.39 is 0 Å². The summed E-state index contributed by atoms with van der Waals surface area (Å²) < 4.78 is 12.7. The van der Waals surface area contributed by atoms with Crippen LogP contribution < -0.4 is 14.9 Å². The Morgan fingerprint density at radius 1 is 0.947 bits per heavy atom. The Labute approximate surface area is 232 Å². The molecule has 1 unspecified atom stereocenters. The lowest BCUT2D eigenvalue weighted by Gasteiger charge is -2.17. The van der Waals surface area contributed by atoms with Crippen LogP contribution in [0.2, 0.25) is 0 Å². The van der Waals surface area contributed by atoms with E-state index in [-0.39, 0.29) is 11.8 Å². The summed E-state index contributed by atoms with van der Waals surface area (Å²) in [6, 6.07) is 31.6. The number of ether oxygens (including phenoxy) is 2. The molecule has 5 nitrogen and oxygen atoms in total. The monoisotopic (exact) mass is 570 g/mol. The number of benzene rings is 4. The van der Waals surface area contributed by atoms with Crippen LogP contribution >= 0.6 is 15.9 Å². The van der Waals surface area contributed by atoms with E-state index in [2.05, 4.69) is 45.5 Å². The molecule has 4 aromatic rings. The number of hydrogen-bond donors (Lipinski definition) is 1. The molecule has 4 aromatic carbocycles. The molecular formula is C32H31BrN2O3. The molecule has 0 aliphatic heterocycles. The Balaban J connectivity index is 1.49. The quantitative estimate of drug-likeness (QED) is 0.153. The second kappa shape index (κ2) is 13.6. The third-order valence-electron chi connectivity index (χ3n) is 6.15. The van der Waals surface area contributed by atoms with Crippen molar-refractivity contribution in [1.82, 2.24) is 5.43 Å². The summed E-state index contributed by atoms with van der Waals surface area (Å²) in [6.45, 7) is 4.90. The number of amides is 1. The van der Waals surface area contributed by atoms with Gasteiger partial charge in [0.15, 0.2) is 11.5 Å². The Morgan fingerprint density at radius 3 is 2.34 bits per heavy atom. The van der Waals surface area contributed by atoms with Crippen molar-refractivity contribution in [3.63, 3.8) is 0 Å². The summed E-state index contributed by atoms with van der Waals surface area (Å²) >= 11 is 3.61. The molecule has 1 amide bonds. The van der Waals surface area contributed by atoms with Crippen LogP contribution in [0.3, 0.4) is 0 Å². The minimum Gasteiger partial charge on any atom is -0.490 e. The minimum atomic E-state index is -0.367. The van der Waals surface area contributed by atoms with E-state index in [4.69, 9.17) is 9.47 Å². The molecule has 0 aliphatic carbocycles. The number of carbonyl (C=O) groups excluding carboxylic acids is 1. The van der Waals surface area contributed by atoms with Gasteiger partial charge in [0, 0.05) is 0 Å². The summed E-state index contributed by atoms with van der Waals surface area (Å²) in [4.78, 5) is 13.3. The molecular weight excluding hydrogens is 540 g/mol. The van der Waals surface area contributed by atoms with E-state index in [1.54, 1.807) is 6.21 Å². The van der Waals surface area contributed by atoms with Gasteiger partial charge in [-0.1, -0.05) is 84.9 Å². The highest BCUT2D eigenvalue weighted by atomic mass is 79.9. The number of aryl methyl sites for hydroxylation is 1. The Morgan fingerprint density at radius 2 is 1.63 bits per heavy atom. The smallest absolute Gasteiger partial charge is 0.247 e. The van der Waals surface area contributed by atoms with E-state index >= 15 is 0 Å². The fourth-order valence-electron chi connectivity index (χ4n) is 4.15. The molecule has 0 aliphatic rings. The van der Waals surface area contributed by atoms with Crippen molar-refractivity contribution >= 4 is 28.1 Å². The minimum absolute atomic E-state index is 0.164. The third kappa shape index (κ3) is 7.33. The van der Waals surface area contributed by atoms with Gasteiger partial charge in [-0.2, -0.15) is 5.10 Å². The van der Waals surface area contributed by atoms with Crippen LogP contribution in [0, 0.1) is 6.92 Å². The van der Waals surface area contributed by atoms with E-state index in [0.29, 0.717) is 31.1 Å². The third-order valence-corrected chi connectivity index (χ3v) is 6.74. The lowest BCUT2D eigenvalue weighted by molar-refractivity contribution is -0.122. The first-order chi connectivity index (χ1) is 18.5. The molecule has 0 heterocycles. The van der Waals surface area contributed by atoms with Gasteiger partial charge in [0.25, 0.3) is 0 Å². The van der Waals surface area contributed by atoms with E-state index in [0.717, 1.165) is 32.3 Å². The molecule has 38 heavy (non-hydrogen) atoms. The van der Waals surface area contributed by atoms with E-state index in [9.17, 15) is 4.79 Å². The van der Waals surface area contributed by atoms with E-state index in [1.165, 1.54) is 0 Å². The molecule has 0 saturated carbocycles. The van der Waals surface area contributed by atoms with Gasteiger partial charge in [0.2, 0.25) is 5.91 Å². The fraction of sp³-hybridized carbons (Fsp3) is 0.188. The van der Waals surface area contributed by atoms with Gasteiger partial charge < -0.3 is 9.47 Å². The van der Waals surface area contributed by atoms with Crippen LogP contribution in [0.1, 0.15) is 40.7 Å². The lowest BCUT2D eigenvalue weighted by Crippen LogP contribution is -2.27. The SMILES string of the molecule is CCOc1cc(C=NNC(=O)C(Cc2ccccc2C)c2ccccc2)cc(Br)c1OCc1ccccc1. The van der Waals surface area contributed by atoms with Crippen LogP contribution in [-0.2, 0) is 17.8 Å². The maximum Gasteiger partial charge on any atom is 0.247 e. The lowest BCUT2D eigenvalue weighted by atomic mass is 9.90. The molecule has 0 spiro atoms. The zero-order valence-corrected chi connectivity index (χ0v) is 23.1. The van der Waals surface area contributed by atoms with Crippen molar-refractivity contribution in [2.45, 2.75) is 32.8 Å². The molecule has 6 heteroatoms. The highest BCUT2D eigenvalue weighted by Gasteiger charge is 2.21. The first kappa shape index (κ1) is 27.1. The van der Waals surface area contributed by atoms with Crippen molar-refractivity contribution < 1.29 is 14.3 Å². The number of rotatable bonds is 11. The zero-order valence-electron chi connectivity index (χ0n) is 21.6. The van der Waals surface area contributed by atoms with Crippen LogP contribution in [0.4, 0.5) is 0 Å². The second-order valence-corrected chi connectivity index (χ2v) is 9.72. The largest absolute Gasteiger partial charge is 0.490 e. The highest BCUT2D eigenvalue weighted by Crippen LogP contribution is 2.37. The van der Waals surface area contributed by atoms with Gasteiger partial charge in [0.05, 0.1) is 23.2 Å². The molecule has 0 bridgehead atoms. The summed E-state index contributed by atoms with van der Waals surface area (Å²) in [5.41, 5.74) is 7.82. The number of halogens is 1. The molecule has 194 valence electrons. The molecule has 0 aromatic heterocycles. The van der Waals surface area contributed by atoms with Gasteiger partial charge in [-0.05, 0) is 76.1 Å². The van der Waals surface area contributed by atoms with Gasteiger partial charge in [-0.25, -0.2) is 5.43 Å². The predicted octanol–water partition coefficient (Wildman–Crippen LogP) is 7.21. The first-order valence-electron chi connectivity index (χ1n) is 12.6. The normalized spacial score (nSPS) is 11.8. The molecule has 0 radical (unpaired) electrons. The highest BCUT2D eigenvalue weighted by molar-refractivity contribution is 9.10. The average molecular weight is 572 g/mol. The van der Waals surface area contributed by atoms with Crippen LogP contribution in [-0.4, -0.2) is 18.7 Å². The van der Waals surface area contributed by atoms with Gasteiger partial charge in [-0.15, -0.1) is 0 Å². The summed E-state index contributed by atoms with van der Waals surface area (Å²) in [5, 5.41) is 4.28. The van der Waals surface area contributed by atoms with Gasteiger partial charge >= 0.3 is 0 Å². The van der Waals surface area contributed by atoms with Crippen LogP contribution in [0.5, 0.6) is 11.5 Å². The van der Waals surface area contributed by atoms with Crippen LogP contribution in [0.25, 0.3) is 0 Å². The van der Waals surface area contributed by atoms with Crippen molar-refractivity contribution in [2.24, 2.45) is 5.10 Å². The fourth-order valence-corrected chi connectivity index (χ4v) is 4.72. The van der Waals surface area contributed by atoms with Gasteiger partial charge in [-0.3, -0.25) is 4.79 Å². The number of carbonyl (C=O) groups is 1. The van der Waals surface area contributed by atoms with Crippen LogP contribution in [0.15, 0.2) is 107 Å². The Bertz CT molecular complexity index is 1370. The Kier molecular flexibility index (Phi) is 9.71. The van der Waals surface area contributed by atoms with Crippen molar-refractivity contribution in [2.75, 3.05) is 6.61 Å². The summed E-state index contributed by atoms with van der Waals surface area (Å²) in [5.74, 6) is 0.697. The molecule has 1 N–H and O–H groups in total. The summed E-state index contributed by atoms with van der Waals surface area (Å²) in [7, 11) is 0. The maximum atomic E-state index is 13.3. The molecule has 1 atom stereocenters. The van der Waals surface area contributed by atoms with Crippen molar-refractivity contribution in [1.29, 1.82) is 0 Å². The number of nitrogens with zero attached hydrogens (tertiary/aromatic N) is 1. The van der Waals surface area contributed by atoms with Crippen molar-refractivity contribution in [3.8, 4) is 11.5 Å². The summed E-state index contributed by atoms with van der Waals surface area (Å²) in [6.07, 6.45) is 2.20.